The fourth-order valence-corrected chi connectivity index (χ4v) is 3.86. The average molecular weight is 403 g/mol. The summed E-state index contributed by atoms with van der Waals surface area (Å²) in [5, 5.41) is 9.51. The molecule has 0 fully saturated rings. The molecule has 0 spiro atoms. The fourth-order valence-electron chi connectivity index (χ4n) is 2.16. The molecule has 0 amide bonds. The first-order chi connectivity index (χ1) is 11.7. The molecular formula is C17H16Cl2O5S. The van der Waals surface area contributed by atoms with E-state index >= 15 is 0 Å². The molecule has 0 aromatic heterocycles. The van der Waals surface area contributed by atoms with Crippen LogP contribution in [-0.4, -0.2) is 31.4 Å². The molecule has 2 aromatic rings. The summed E-state index contributed by atoms with van der Waals surface area (Å²) in [6.45, 7) is 2.84. The Bertz CT molecular complexity index is 909. The summed E-state index contributed by atoms with van der Waals surface area (Å²) in [6, 6.07) is 9.53. The summed E-state index contributed by atoms with van der Waals surface area (Å²) < 4.78 is 29.9. The number of carboxylic acid groups (broad SMARTS) is 1. The maximum Gasteiger partial charge on any atom is 0.344 e. The smallest absolute Gasteiger partial charge is 0.344 e. The summed E-state index contributed by atoms with van der Waals surface area (Å²) in [7, 11) is -3.61. The van der Waals surface area contributed by atoms with E-state index in [-0.39, 0.29) is 21.4 Å². The monoisotopic (exact) mass is 402 g/mol. The highest BCUT2D eigenvalue weighted by atomic mass is 35.5. The lowest BCUT2D eigenvalue weighted by atomic mass is 10.0. The minimum Gasteiger partial charge on any atom is -0.479 e. The Labute approximate surface area is 156 Å². The largest absolute Gasteiger partial charge is 0.479 e. The van der Waals surface area contributed by atoms with Crippen LogP contribution >= 0.6 is 23.2 Å². The van der Waals surface area contributed by atoms with Gasteiger partial charge in [-0.2, -0.15) is 0 Å². The van der Waals surface area contributed by atoms with Crippen molar-refractivity contribution in [3.8, 4) is 16.9 Å². The zero-order chi connectivity index (χ0) is 18.8. The van der Waals surface area contributed by atoms with Gasteiger partial charge in [0.2, 0.25) is 0 Å². The molecule has 0 heterocycles. The van der Waals surface area contributed by atoms with Crippen LogP contribution in [0.5, 0.6) is 5.75 Å². The molecule has 0 aliphatic carbocycles. The molecule has 25 heavy (non-hydrogen) atoms. The lowest BCUT2D eigenvalue weighted by Crippen LogP contribution is -2.23. The van der Waals surface area contributed by atoms with Crippen LogP contribution in [0.25, 0.3) is 11.1 Å². The Hall–Kier alpha value is -1.76. The van der Waals surface area contributed by atoms with Crippen molar-refractivity contribution in [1.29, 1.82) is 0 Å². The molecule has 0 aliphatic heterocycles. The second-order valence-corrected chi connectivity index (χ2v) is 8.32. The number of ether oxygens (including phenoxy) is 1. The molecule has 1 atom stereocenters. The standard InChI is InChI=1S/C17H16Cl2O5S/c1-3-25(22,23)16-9-15(24-10(2)17(20)21)12(8-14(16)19)11-6-4-5-7-13(11)18/h4-10H,3H2,1-2H3,(H,20,21)/t10-/m0/s1. The second-order valence-electron chi connectivity index (χ2n) is 5.26. The topological polar surface area (TPSA) is 80.7 Å². The highest BCUT2D eigenvalue weighted by Crippen LogP contribution is 2.40. The molecule has 0 unspecified atom stereocenters. The number of carboxylic acids is 1. The lowest BCUT2D eigenvalue weighted by Gasteiger charge is -2.18. The molecule has 0 bridgehead atoms. The van der Waals surface area contributed by atoms with Gasteiger partial charge in [-0.1, -0.05) is 48.3 Å². The zero-order valence-corrected chi connectivity index (χ0v) is 15.8. The van der Waals surface area contributed by atoms with E-state index in [2.05, 4.69) is 0 Å². The number of halogens is 2. The molecular weight excluding hydrogens is 387 g/mol. The molecule has 2 aromatic carbocycles. The highest BCUT2D eigenvalue weighted by molar-refractivity contribution is 7.91. The Morgan fingerprint density at radius 2 is 1.80 bits per heavy atom. The van der Waals surface area contributed by atoms with Gasteiger partial charge in [-0.15, -0.1) is 0 Å². The molecule has 134 valence electrons. The number of rotatable bonds is 6. The van der Waals surface area contributed by atoms with E-state index < -0.39 is 21.9 Å². The van der Waals surface area contributed by atoms with Gasteiger partial charge in [0.25, 0.3) is 0 Å². The SMILES string of the molecule is CCS(=O)(=O)c1cc(O[C@@H](C)C(=O)O)c(-c2ccccc2Cl)cc1Cl. The van der Waals surface area contributed by atoms with E-state index in [9.17, 15) is 13.2 Å². The van der Waals surface area contributed by atoms with Crippen LogP contribution < -0.4 is 4.74 Å². The lowest BCUT2D eigenvalue weighted by molar-refractivity contribution is -0.144. The van der Waals surface area contributed by atoms with Crippen LogP contribution in [0.2, 0.25) is 10.0 Å². The van der Waals surface area contributed by atoms with Crippen molar-refractivity contribution < 1.29 is 23.1 Å². The van der Waals surface area contributed by atoms with Gasteiger partial charge < -0.3 is 9.84 Å². The van der Waals surface area contributed by atoms with Gasteiger partial charge in [0.1, 0.15) is 5.75 Å². The van der Waals surface area contributed by atoms with Crippen molar-refractivity contribution >= 4 is 39.0 Å². The molecule has 1 N–H and O–H groups in total. The van der Waals surface area contributed by atoms with E-state index in [1.807, 2.05) is 0 Å². The van der Waals surface area contributed by atoms with Crippen LogP contribution in [-0.2, 0) is 14.6 Å². The minimum atomic E-state index is -3.61. The Kier molecular flexibility index (Phi) is 5.98. The van der Waals surface area contributed by atoms with Gasteiger partial charge in [0.15, 0.2) is 15.9 Å². The number of carbonyl (C=O) groups is 1. The van der Waals surface area contributed by atoms with Gasteiger partial charge >= 0.3 is 5.97 Å². The second kappa shape index (κ2) is 7.64. The first-order valence-corrected chi connectivity index (χ1v) is 9.79. The summed E-state index contributed by atoms with van der Waals surface area (Å²) in [6.07, 6.45) is -1.18. The summed E-state index contributed by atoms with van der Waals surface area (Å²) in [4.78, 5) is 11.0. The van der Waals surface area contributed by atoms with Crippen molar-refractivity contribution in [3.63, 3.8) is 0 Å². The Morgan fingerprint density at radius 1 is 1.16 bits per heavy atom. The van der Waals surface area contributed by atoms with Crippen LogP contribution in [0.1, 0.15) is 13.8 Å². The van der Waals surface area contributed by atoms with Gasteiger partial charge in [0.05, 0.1) is 15.7 Å². The van der Waals surface area contributed by atoms with Gasteiger partial charge in [0, 0.05) is 22.2 Å². The van der Waals surface area contributed by atoms with Gasteiger partial charge in [-0.3, -0.25) is 0 Å². The van der Waals surface area contributed by atoms with Crippen LogP contribution in [0, 0.1) is 0 Å². The van der Waals surface area contributed by atoms with Crippen LogP contribution in [0.15, 0.2) is 41.3 Å². The zero-order valence-electron chi connectivity index (χ0n) is 13.5. The number of aliphatic carboxylic acids is 1. The third-order valence-electron chi connectivity index (χ3n) is 3.56. The van der Waals surface area contributed by atoms with E-state index in [0.717, 1.165) is 0 Å². The molecule has 8 heteroatoms. The molecule has 0 radical (unpaired) electrons. The fraction of sp³-hybridized carbons (Fsp3) is 0.235. The summed E-state index contributed by atoms with van der Waals surface area (Å²) in [5.41, 5.74) is 0.970. The molecule has 5 nitrogen and oxygen atoms in total. The van der Waals surface area contributed by atoms with Gasteiger partial charge in [-0.25, -0.2) is 13.2 Å². The first-order valence-electron chi connectivity index (χ1n) is 7.38. The van der Waals surface area contributed by atoms with Crippen molar-refractivity contribution in [1.82, 2.24) is 0 Å². The number of hydrogen-bond donors (Lipinski definition) is 1. The highest BCUT2D eigenvalue weighted by Gasteiger charge is 2.23. The Balaban J connectivity index is 2.72. The average Bonchev–Trinajstić information content (AvgIpc) is 2.56. The van der Waals surface area contributed by atoms with E-state index in [0.29, 0.717) is 16.1 Å². The summed E-state index contributed by atoms with van der Waals surface area (Å²) in [5.74, 6) is -1.24. The van der Waals surface area contributed by atoms with E-state index in [4.69, 9.17) is 33.0 Å². The molecule has 0 saturated carbocycles. The first kappa shape index (κ1) is 19.6. The quantitative estimate of drug-likeness (QED) is 0.778. The van der Waals surface area contributed by atoms with Crippen molar-refractivity contribution in [2.75, 3.05) is 5.75 Å². The number of benzene rings is 2. The normalized spacial score (nSPS) is 12.6. The third-order valence-corrected chi connectivity index (χ3v) is 6.09. The predicted octanol–water partition coefficient (Wildman–Crippen LogP) is 4.31. The van der Waals surface area contributed by atoms with Crippen molar-refractivity contribution in [2.45, 2.75) is 24.8 Å². The summed E-state index contributed by atoms with van der Waals surface area (Å²) >= 11 is 12.4. The van der Waals surface area contributed by atoms with Crippen LogP contribution in [0.4, 0.5) is 0 Å². The molecule has 0 aliphatic rings. The third kappa shape index (κ3) is 4.26. The number of sulfone groups is 1. The van der Waals surface area contributed by atoms with E-state index in [1.54, 1.807) is 24.3 Å². The van der Waals surface area contributed by atoms with Gasteiger partial charge in [-0.05, 0) is 19.1 Å². The van der Waals surface area contributed by atoms with Crippen molar-refractivity contribution in [3.05, 3.63) is 46.4 Å². The Morgan fingerprint density at radius 3 is 2.36 bits per heavy atom. The molecule has 2 rings (SSSR count). The minimum absolute atomic E-state index is 0.0205. The maximum atomic E-state index is 12.2. The molecule has 0 saturated heterocycles. The number of hydrogen-bond acceptors (Lipinski definition) is 4. The van der Waals surface area contributed by atoms with Crippen molar-refractivity contribution in [2.24, 2.45) is 0 Å². The van der Waals surface area contributed by atoms with E-state index in [1.165, 1.54) is 26.0 Å². The maximum absolute atomic E-state index is 12.2. The predicted molar refractivity (Wildman–Crippen MR) is 97.4 cm³/mol. The van der Waals surface area contributed by atoms with Crippen LogP contribution in [0.3, 0.4) is 0 Å².